The highest BCUT2D eigenvalue weighted by Crippen LogP contribution is 2.41. The number of fused-ring (bicyclic) bond motifs is 5. The Balaban J connectivity index is 1.30. The molecule has 1 aromatic heterocycles. The number of anilines is 1. The number of hydrogen-bond acceptors (Lipinski definition) is 4. The standard InChI is InChI=1S/C28H26ClN3O3/c1-35-22-8-5-18(6-9-22)12-24-23-10-7-21(29)13-26(23)32(28(24)34)17-30-14-19-11-20(16-30)25-3-2-4-27(33)31(25)15-19/h2-10,12-13,19-20H,11,14-17H2,1H3/b24-12-/t19-,20+/m0/s1. The summed E-state index contributed by atoms with van der Waals surface area (Å²) in [6.07, 6.45) is 3.01. The zero-order valence-corrected chi connectivity index (χ0v) is 20.2. The molecule has 2 atom stereocenters. The first-order valence-electron chi connectivity index (χ1n) is 11.9. The smallest absolute Gasteiger partial charge is 0.260 e. The number of methoxy groups -OCH3 is 1. The first-order chi connectivity index (χ1) is 17.0. The molecule has 0 N–H and O–H groups in total. The fourth-order valence-corrected chi connectivity index (χ4v) is 5.95. The van der Waals surface area contributed by atoms with Gasteiger partial charge in [-0.1, -0.05) is 35.9 Å². The molecule has 35 heavy (non-hydrogen) atoms. The number of amides is 1. The normalized spacial score (nSPS) is 22.3. The number of ether oxygens (including phenoxy) is 1. The van der Waals surface area contributed by atoms with Crippen molar-refractivity contribution in [3.63, 3.8) is 0 Å². The van der Waals surface area contributed by atoms with E-state index in [0.29, 0.717) is 29.1 Å². The molecule has 0 unspecified atom stereocenters. The summed E-state index contributed by atoms with van der Waals surface area (Å²) in [4.78, 5) is 30.2. The van der Waals surface area contributed by atoms with Crippen molar-refractivity contribution in [2.24, 2.45) is 5.92 Å². The minimum absolute atomic E-state index is 0.0227. The van der Waals surface area contributed by atoms with Crippen LogP contribution in [0.5, 0.6) is 5.75 Å². The van der Waals surface area contributed by atoms with E-state index in [-0.39, 0.29) is 11.5 Å². The second-order valence-corrected chi connectivity index (χ2v) is 10.0. The Bertz CT molecular complexity index is 1400. The number of carbonyl (C=O) groups excluding carboxylic acids is 1. The van der Waals surface area contributed by atoms with Crippen molar-refractivity contribution in [2.75, 3.05) is 31.8 Å². The summed E-state index contributed by atoms with van der Waals surface area (Å²) >= 11 is 6.35. The summed E-state index contributed by atoms with van der Waals surface area (Å²) in [6, 6.07) is 18.9. The van der Waals surface area contributed by atoms with E-state index in [1.807, 2.05) is 64.1 Å². The van der Waals surface area contributed by atoms with E-state index in [2.05, 4.69) is 11.0 Å². The van der Waals surface area contributed by atoms with Gasteiger partial charge in [0.1, 0.15) is 5.75 Å². The van der Waals surface area contributed by atoms with Gasteiger partial charge in [0.05, 0.1) is 19.5 Å². The van der Waals surface area contributed by atoms with Gasteiger partial charge in [0.15, 0.2) is 0 Å². The van der Waals surface area contributed by atoms with Crippen LogP contribution in [0.25, 0.3) is 11.6 Å². The monoisotopic (exact) mass is 487 g/mol. The number of pyridine rings is 1. The highest BCUT2D eigenvalue weighted by molar-refractivity contribution is 6.37. The predicted molar refractivity (Wildman–Crippen MR) is 138 cm³/mol. The van der Waals surface area contributed by atoms with Crippen LogP contribution in [0.4, 0.5) is 5.69 Å². The number of aromatic nitrogens is 1. The number of hydrogen-bond donors (Lipinski definition) is 0. The summed E-state index contributed by atoms with van der Waals surface area (Å²) in [5.41, 5.74) is 4.52. The number of likely N-dealkylation sites (tertiary alicyclic amines) is 1. The van der Waals surface area contributed by atoms with Crippen LogP contribution in [0.2, 0.25) is 5.02 Å². The number of rotatable bonds is 4. The Morgan fingerprint density at radius 3 is 2.66 bits per heavy atom. The van der Waals surface area contributed by atoms with Gasteiger partial charge in [-0.3, -0.25) is 19.4 Å². The van der Waals surface area contributed by atoms with Gasteiger partial charge in [-0.15, -0.1) is 0 Å². The third kappa shape index (κ3) is 3.97. The van der Waals surface area contributed by atoms with E-state index in [1.165, 1.54) is 0 Å². The minimum atomic E-state index is -0.0227. The molecule has 2 bridgehead atoms. The molecule has 6 nitrogen and oxygen atoms in total. The number of nitrogens with zero attached hydrogens (tertiary/aromatic N) is 3. The predicted octanol–water partition coefficient (Wildman–Crippen LogP) is 4.47. The fourth-order valence-electron chi connectivity index (χ4n) is 5.78. The first-order valence-corrected chi connectivity index (χ1v) is 12.3. The van der Waals surface area contributed by atoms with Crippen LogP contribution in [0.1, 0.15) is 29.2 Å². The van der Waals surface area contributed by atoms with Crippen molar-refractivity contribution in [1.29, 1.82) is 0 Å². The molecule has 2 aromatic carbocycles. The molecule has 3 aliphatic rings. The highest BCUT2D eigenvalue weighted by atomic mass is 35.5. The average molecular weight is 488 g/mol. The second kappa shape index (κ2) is 8.70. The van der Waals surface area contributed by atoms with Gasteiger partial charge in [0.25, 0.3) is 11.5 Å². The molecule has 3 aliphatic heterocycles. The number of piperidine rings is 1. The molecule has 0 saturated carbocycles. The first kappa shape index (κ1) is 22.1. The highest BCUT2D eigenvalue weighted by Gasteiger charge is 2.38. The van der Waals surface area contributed by atoms with Crippen LogP contribution < -0.4 is 15.2 Å². The lowest BCUT2D eigenvalue weighted by molar-refractivity contribution is -0.113. The lowest BCUT2D eigenvalue weighted by Crippen LogP contribution is -2.50. The van der Waals surface area contributed by atoms with Gasteiger partial charge >= 0.3 is 0 Å². The van der Waals surface area contributed by atoms with Crippen molar-refractivity contribution < 1.29 is 9.53 Å². The van der Waals surface area contributed by atoms with Crippen LogP contribution in [0.3, 0.4) is 0 Å². The van der Waals surface area contributed by atoms with Gasteiger partial charge < -0.3 is 9.30 Å². The molecule has 4 heterocycles. The summed E-state index contributed by atoms with van der Waals surface area (Å²) in [7, 11) is 1.64. The maximum absolute atomic E-state index is 13.7. The quantitative estimate of drug-likeness (QED) is 0.509. The van der Waals surface area contributed by atoms with Crippen LogP contribution in [0, 0.1) is 5.92 Å². The van der Waals surface area contributed by atoms with Gasteiger partial charge in [-0.05, 0) is 54.3 Å². The van der Waals surface area contributed by atoms with Gasteiger partial charge in [-0.25, -0.2) is 0 Å². The summed E-state index contributed by atoms with van der Waals surface area (Å²) in [5.74, 6) is 1.44. The van der Waals surface area contributed by atoms with Gasteiger partial charge in [0, 0.05) is 53.5 Å². The Hall–Kier alpha value is -3.35. The van der Waals surface area contributed by atoms with E-state index < -0.39 is 0 Å². The molecule has 3 aromatic rings. The van der Waals surface area contributed by atoms with Crippen LogP contribution >= 0.6 is 11.6 Å². The number of halogens is 1. The van der Waals surface area contributed by atoms with E-state index in [9.17, 15) is 9.59 Å². The zero-order valence-electron chi connectivity index (χ0n) is 19.5. The topological polar surface area (TPSA) is 54.8 Å². The Morgan fingerprint density at radius 2 is 1.86 bits per heavy atom. The Kier molecular flexibility index (Phi) is 5.50. The third-order valence-corrected chi connectivity index (χ3v) is 7.58. The maximum atomic E-state index is 13.7. The number of carbonyl (C=O) groups is 1. The minimum Gasteiger partial charge on any atom is -0.497 e. The molecule has 7 heteroatoms. The van der Waals surface area contributed by atoms with Crippen molar-refractivity contribution in [3.05, 3.63) is 92.9 Å². The molecule has 6 rings (SSSR count). The number of benzene rings is 2. The Morgan fingerprint density at radius 1 is 1.03 bits per heavy atom. The van der Waals surface area contributed by atoms with Gasteiger partial charge in [-0.2, -0.15) is 0 Å². The SMILES string of the molecule is COc1ccc(/C=C2\C(=O)N(CN3C[C@@H]4C[C@H](C3)c3cccc(=O)n3C4)c3cc(Cl)ccc32)cc1. The van der Waals surface area contributed by atoms with Crippen molar-refractivity contribution in [1.82, 2.24) is 9.47 Å². The average Bonchev–Trinajstić information content (AvgIpc) is 3.10. The second-order valence-electron chi connectivity index (χ2n) is 9.60. The summed E-state index contributed by atoms with van der Waals surface area (Å²) in [5, 5.41) is 0.607. The van der Waals surface area contributed by atoms with E-state index in [4.69, 9.17) is 16.3 Å². The largest absolute Gasteiger partial charge is 0.497 e. The third-order valence-electron chi connectivity index (χ3n) is 7.34. The lowest BCUT2D eigenvalue weighted by atomic mass is 9.83. The summed E-state index contributed by atoms with van der Waals surface area (Å²) < 4.78 is 7.19. The van der Waals surface area contributed by atoms with Crippen LogP contribution in [-0.2, 0) is 11.3 Å². The molecule has 1 fully saturated rings. The van der Waals surface area contributed by atoms with E-state index in [1.54, 1.807) is 13.2 Å². The molecular weight excluding hydrogens is 462 g/mol. The van der Waals surface area contributed by atoms with Crippen molar-refractivity contribution >= 4 is 34.8 Å². The maximum Gasteiger partial charge on any atom is 0.260 e. The molecule has 0 radical (unpaired) electrons. The molecule has 178 valence electrons. The van der Waals surface area contributed by atoms with E-state index >= 15 is 0 Å². The Labute approximate surface area is 209 Å². The molecular formula is C28H26ClN3O3. The van der Waals surface area contributed by atoms with Crippen molar-refractivity contribution in [2.45, 2.75) is 18.9 Å². The van der Waals surface area contributed by atoms with E-state index in [0.717, 1.165) is 54.3 Å². The molecule has 0 aliphatic carbocycles. The van der Waals surface area contributed by atoms with Crippen molar-refractivity contribution in [3.8, 4) is 5.75 Å². The van der Waals surface area contributed by atoms with Crippen LogP contribution in [0.15, 0.2) is 65.5 Å². The summed E-state index contributed by atoms with van der Waals surface area (Å²) in [6.45, 7) is 2.91. The van der Waals surface area contributed by atoms with Gasteiger partial charge in [0.2, 0.25) is 0 Å². The lowest BCUT2D eigenvalue weighted by Gasteiger charge is -2.43. The van der Waals surface area contributed by atoms with Crippen LogP contribution in [-0.4, -0.2) is 42.2 Å². The molecule has 0 spiro atoms. The zero-order chi connectivity index (χ0) is 24.1. The molecule has 1 saturated heterocycles. The fraction of sp³-hybridized carbons (Fsp3) is 0.286. The molecule has 1 amide bonds.